The lowest BCUT2D eigenvalue weighted by Gasteiger charge is -2.30. The van der Waals surface area contributed by atoms with E-state index in [4.69, 9.17) is 10.8 Å². The number of aliphatic hydroxyl groups excluding tert-OH is 1. The Kier molecular flexibility index (Phi) is 5.74. The molecule has 108 valence electrons. The summed E-state index contributed by atoms with van der Waals surface area (Å²) in [6, 6.07) is 0.944. The molecule has 0 heterocycles. The average Bonchev–Trinajstić information content (AvgIpc) is 2.31. The molecule has 5 N–H and O–H groups in total. The average molecular weight is 294 g/mol. The summed E-state index contributed by atoms with van der Waals surface area (Å²) in [6.07, 6.45) is 0. The minimum atomic E-state index is -1.32. The van der Waals surface area contributed by atoms with E-state index >= 15 is 0 Å². The summed E-state index contributed by atoms with van der Waals surface area (Å²) in [5.41, 5.74) is 4.69. The normalized spacial score (nSPS) is 12.7. The van der Waals surface area contributed by atoms with E-state index < -0.39 is 29.0 Å². The van der Waals surface area contributed by atoms with Crippen LogP contribution in [0.25, 0.3) is 0 Å². The van der Waals surface area contributed by atoms with Crippen LogP contribution in [-0.2, 0) is 0 Å². The number of aromatic carboxylic acids is 1. The lowest BCUT2D eigenvalue weighted by atomic mass is 9.81. The van der Waals surface area contributed by atoms with Crippen LogP contribution in [0.1, 0.15) is 35.8 Å². The molecule has 0 radical (unpaired) electrons. The fourth-order valence-corrected chi connectivity index (χ4v) is 1.50. The van der Waals surface area contributed by atoms with E-state index in [-0.39, 0.29) is 30.1 Å². The highest BCUT2D eigenvalue weighted by Gasteiger charge is 2.30. The third-order valence-corrected chi connectivity index (χ3v) is 2.92. The van der Waals surface area contributed by atoms with Crippen molar-refractivity contribution in [1.29, 1.82) is 0 Å². The molecule has 1 aromatic rings. The maximum Gasteiger partial charge on any atom is 0.335 e. The zero-order valence-corrected chi connectivity index (χ0v) is 11.4. The smallest absolute Gasteiger partial charge is 0.335 e. The fraction of sp³-hybridized carbons (Fsp3) is 0.417. The van der Waals surface area contributed by atoms with Gasteiger partial charge in [-0.25, -0.2) is 9.18 Å². The van der Waals surface area contributed by atoms with E-state index in [2.05, 4.69) is 0 Å². The van der Waals surface area contributed by atoms with Crippen molar-refractivity contribution in [3.8, 4) is 5.75 Å². The number of benzene rings is 1. The van der Waals surface area contributed by atoms with Crippen LogP contribution in [0.2, 0.25) is 0 Å². The topological polar surface area (TPSA) is 104 Å². The molecule has 0 aliphatic heterocycles. The minimum Gasteiger partial charge on any atom is -0.505 e. The van der Waals surface area contributed by atoms with Crippen LogP contribution in [0.4, 0.5) is 4.39 Å². The van der Waals surface area contributed by atoms with E-state index in [0.29, 0.717) is 0 Å². The van der Waals surface area contributed by atoms with Gasteiger partial charge in [0.05, 0.1) is 5.56 Å². The molecular weight excluding hydrogens is 277 g/mol. The van der Waals surface area contributed by atoms with Gasteiger partial charge in [0, 0.05) is 23.6 Å². The Balaban J connectivity index is 0.00000324. The molecule has 1 atom stereocenters. The van der Waals surface area contributed by atoms with Crippen molar-refractivity contribution in [3.05, 3.63) is 29.1 Å². The van der Waals surface area contributed by atoms with E-state index in [1.54, 1.807) is 13.8 Å². The number of carboxylic acid groups (broad SMARTS) is 1. The first-order valence-electron chi connectivity index (χ1n) is 5.33. The largest absolute Gasteiger partial charge is 0.505 e. The van der Waals surface area contributed by atoms with Crippen molar-refractivity contribution in [2.45, 2.75) is 19.9 Å². The van der Waals surface area contributed by atoms with Crippen LogP contribution in [0.5, 0.6) is 5.75 Å². The molecule has 0 fully saturated rings. The summed E-state index contributed by atoms with van der Waals surface area (Å²) >= 11 is 0. The molecule has 0 aliphatic carbocycles. The standard InChI is InChI=1S/C12H16FNO4.ClH/c1-12(2,5-15)10(14)7-3-6(11(17)18)4-8(13)9(7)16;/h3-4,10,15-16H,5,14H2,1-2H3,(H,17,18);1H/t10-;/m1./s1. The van der Waals surface area contributed by atoms with Gasteiger partial charge in [-0.1, -0.05) is 13.8 Å². The third-order valence-electron chi connectivity index (χ3n) is 2.92. The molecule has 0 aliphatic rings. The summed E-state index contributed by atoms with van der Waals surface area (Å²) in [7, 11) is 0. The molecule has 0 saturated carbocycles. The van der Waals surface area contributed by atoms with Crippen LogP contribution < -0.4 is 5.73 Å². The molecule has 0 amide bonds. The van der Waals surface area contributed by atoms with Crippen molar-refractivity contribution in [2.75, 3.05) is 6.61 Å². The molecule has 1 rings (SSSR count). The Labute approximate surface area is 116 Å². The number of hydrogen-bond acceptors (Lipinski definition) is 4. The summed E-state index contributed by atoms with van der Waals surface area (Å²) in [4.78, 5) is 10.8. The number of aliphatic hydroxyl groups is 1. The van der Waals surface area contributed by atoms with Gasteiger partial charge in [-0.15, -0.1) is 12.4 Å². The van der Waals surface area contributed by atoms with Crippen LogP contribution >= 0.6 is 12.4 Å². The summed E-state index contributed by atoms with van der Waals surface area (Å²) < 4.78 is 13.4. The fourth-order valence-electron chi connectivity index (χ4n) is 1.50. The summed E-state index contributed by atoms with van der Waals surface area (Å²) in [5.74, 6) is -3.05. The Bertz CT molecular complexity index is 479. The highest BCUT2D eigenvalue weighted by molar-refractivity contribution is 5.88. The van der Waals surface area contributed by atoms with Gasteiger partial charge in [-0.05, 0) is 12.1 Å². The number of carboxylic acids is 1. The molecule has 0 aromatic heterocycles. The van der Waals surface area contributed by atoms with Crippen molar-refractivity contribution >= 4 is 18.4 Å². The Morgan fingerprint density at radius 3 is 2.42 bits per heavy atom. The number of phenols is 1. The van der Waals surface area contributed by atoms with Crippen LogP contribution in [0.15, 0.2) is 12.1 Å². The molecule has 0 spiro atoms. The number of halogens is 2. The van der Waals surface area contributed by atoms with Gasteiger partial charge in [-0.2, -0.15) is 0 Å². The molecule has 19 heavy (non-hydrogen) atoms. The van der Waals surface area contributed by atoms with Gasteiger partial charge < -0.3 is 21.1 Å². The van der Waals surface area contributed by atoms with Crippen LogP contribution in [0, 0.1) is 11.2 Å². The first-order valence-corrected chi connectivity index (χ1v) is 5.33. The molecule has 0 saturated heterocycles. The van der Waals surface area contributed by atoms with E-state index in [0.717, 1.165) is 12.1 Å². The predicted molar refractivity (Wildman–Crippen MR) is 70.1 cm³/mol. The third kappa shape index (κ3) is 3.56. The predicted octanol–water partition coefficient (Wildman–Crippen LogP) is 1.67. The van der Waals surface area contributed by atoms with E-state index in [1.165, 1.54) is 0 Å². The highest BCUT2D eigenvalue weighted by Crippen LogP contribution is 2.37. The monoisotopic (exact) mass is 293 g/mol. The second kappa shape index (κ2) is 6.18. The van der Waals surface area contributed by atoms with Gasteiger partial charge in [0.2, 0.25) is 0 Å². The van der Waals surface area contributed by atoms with Crippen molar-refractivity contribution in [2.24, 2.45) is 11.1 Å². The Morgan fingerprint density at radius 1 is 1.47 bits per heavy atom. The van der Waals surface area contributed by atoms with Crippen molar-refractivity contribution in [1.82, 2.24) is 0 Å². The van der Waals surface area contributed by atoms with Gasteiger partial charge in [0.25, 0.3) is 0 Å². The quantitative estimate of drug-likeness (QED) is 0.676. The minimum absolute atomic E-state index is 0. The maximum absolute atomic E-state index is 13.4. The van der Waals surface area contributed by atoms with E-state index in [1.807, 2.05) is 0 Å². The van der Waals surface area contributed by atoms with Crippen LogP contribution in [0.3, 0.4) is 0 Å². The van der Waals surface area contributed by atoms with Gasteiger partial charge in [0.1, 0.15) is 0 Å². The lowest BCUT2D eigenvalue weighted by molar-refractivity contribution is 0.0696. The number of carbonyl (C=O) groups is 1. The zero-order chi connectivity index (χ0) is 14.1. The molecular formula is C12H17ClFNO4. The molecule has 5 nitrogen and oxygen atoms in total. The lowest BCUT2D eigenvalue weighted by Crippen LogP contribution is -2.32. The van der Waals surface area contributed by atoms with Gasteiger partial charge in [-0.3, -0.25) is 0 Å². The summed E-state index contributed by atoms with van der Waals surface area (Å²) in [5, 5.41) is 27.6. The Morgan fingerprint density at radius 2 is 2.00 bits per heavy atom. The second-order valence-electron chi connectivity index (χ2n) is 4.83. The van der Waals surface area contributed by atoms with Crippen LogP contribution in [-0.4, -0.2) is 27.9 Å². The molecule has 7 heteroatoms. The maximum atomic E-state index is 13.4. The van der Waals surface area contributed by atoms with Crippen molar-refractivity contribution < 1.29 is 24.5 Å². The number of phenolic OH excluding ortho intramolecular Hbond substituents is 1. The number of hydrogen-bond donors (Lipinski definition) is 4. The Hall–Kier alpha value is -1.37. The van der Waals surface area contributed by atoms with Gasteiger partial charge >= 0.3 is 5.97 Å². The van der Waals surface area contributed by atoms with E-state index in [9.17, 15) is 19.4 Å². The number of nitrogens with two attached hydrogens (primary N) is 1. The molecule has 0 unspecified atom stereocenters. The second-order valence-corrected chi connectivity index (χ2v) is 4.83. The molecule has 1 aromatic carbocycles. The zero-order valence-electron chi connectivity index (χ0n) is 10.6. The first-order chi connectivity index (χ1) is 8.20. The van der Waals surface area contributed by atoms with Gasteiger partial charge in [0.15, 0.2) is 11.6 Å². The SMILES string of the molecule is CC(C)(CO)[C@H](N)c1cc(C(=O)O)cc(F)c1O.Cl. The highest BCUT2D eigenvalue weighted by atomic mass is 35.5. The number of rotatable bonds is 4. The van der Waals surface area contributed by atoms with Crippen molar-refractivity contribution in [3.63, 3.8) is 0 Å². The number of aromatic hydroxyl groups is 1. The molecule has 0 bridgehead atoms. The summed E-state index contributed by atoms with van der Waals surface area (Å²) in [6.45, 7) is 2.97. The first kappa shape index (κ1) is 17.6.